The summed E-state index contributed by atoms with van der Waals surface area (Å²) in [4.78, 5) is 35.0. The highest BCUT2D eigenvalue weighted by atomic mass is 16.2. The first-order chi connectivity index (χ1) is 10.2. The fourth-order valence-corrected chi connectivity index (χ4v) is 2.59. The van der Waals surface area contributed by atoms with Crippen LogP contribution in [0.5, 0.6) is 0 Å². The van der Waals surface area contributed by atoms with E-state index in [4.69, 9.17) is 0 Å². The van der Waals surface area contributed by atoms with Gasteiger partial charge in [0.1, 0.15) is 5.39 Å². The maximum Gasteiger partial charge on any atom is 0.263 e. The van der Waals surface area contributed by atoms with Crippen LogP contribution in [0.4, 0.5) is 5.95 Å². The van der Waals surface area contributed by atoms with Crippen LogP contribution in [0.1, 0.15) is 19.8 Å². The Morgan fingerprint density at radius 2 is 2.19 bits per heavy atom. The van der Waals surface area contributed by atoms with Crippen molar-refractivity contribution >= 4 is 22.9 Å². The minimum absolute atomic E-state index is 0.0710. The summed E-state index contributed by atoms with van der Waals surface area (Å²) in [6.45, 7) is 4.51. The molecule has 0 radical (unpaired) electrons. The number of carbonyl (C=O) groups is 1. The van der Waals surface area contributed by atoms with Crippen molar-refractivity contribution in [3.8, 4) is 0 Å². The number of H-pyrrole nitrogens is 2. The third-order valence-electron chi connectivity index (χ3n) is 3.63. The molecule has 3 rings (SSSR count). The molecule has 1 aliphatic heterocycles. The second kappa shape index (κ2) is 5.55. The summed E-state index contributed by atoms with van der Waals surface area (Å²) >= 11 is 0. The minimum Gasteiger partial charge on any atom is -0.341 e. The molecule has 3 heterocycles. The molecule has 1 saturated heterocycles. The van der Waals surface area contributed by atoms with Gasteiger partial charge in [0, 0.05) is 19.6 Å². The number of nitrogens with zero attached hydrogens (tertiary/aromatic N) is 4. The summed E-state index contributed by atoms with van der Waals surface area (Å²) in [6.07, 6.45) is 3.25. The SMILES string of the molecule is CCCN1CCCN(c2nc3[nH]ncc3c(=O)[nH]2)CC1=O. The predicted molar refractivity (Wildman–Crippen MR) is 78.2 cm³/mol. The molecule has 0 aliphatic carbocycles. The molecule has 21 heavy (non-hydrogen) atoms. The fraction of sp³-hybridized carbons (Fsp3) is 0.538. The summed E-state index contributed by atoms with van der Waals surface area (Å²) in [5, 5.41) is 6.93. The van der Waals surface area contributed by atoms with E-state index in [9.17, 15) is 9.59 Å². The lowest BCUT2D eigenvalue weighted by Crippen LogP contribution is -2.38. The van der Waals surface area contributed by atoms with Crippen molar-refractivity contribution in [1.29, 1.82) is 0 Å². The Bertz CT molecular complexity index is 706. The average molecular weight is 290 g/mol. The van der Waals surface area contributed by atoms with E-state index in [1.807, 2.05) is 9.80 Å². The zero-order chi connectivity index (χ0) is 14.8. The Balaban J connectivity index is 1.88. The molecule has 2 N–H and O–H groups in total. The topological polar surface area (TPSA) is 98.0 Å². The summed E-state index contributed by atoms with van der Waals surface area (Å²) in [5.41, 5.74) is 0.196. The Kier molecular flexibility index (Phi) is 3.59. The van der Waals surface area contributed by atoms with Crippen molar-refractivity contribution in [2.24, 2.45) is 0 Å². The number of aromatic nitrogens is 4. The number of nitrogens with one attached hydrogen (secondary N) is 2. The van der Waals surface area contributed by atoms with Gasteiger partial charge in [-0.1, -0.05) is 6.92 Å². The standard InChI is InChI=1S/C13H18N6O2/c1-2-4-18-5-3-6-19(8-10(18)20)13-15-11-9(7-14-17-11)12(21)16-13/h7H,2-6,8H2,1H3,(H2,14,15,16,17,21). The van der Waals surface area contributed by atoms with Crippen molar-refractivity contribution in [3.63, 3.8) is 0 Å². The highest BCUT2D eigenvalue weighted by Gasteiger charge is 2.23. The van der Waals surface area contributed by atoms with Crippen molar-refractivity contribution in [3.05, 3.63) is 16.6 Å². The molecule has 112 valence electrons. The Hall–Kier alpha value is -2.38. The van der Waals surface area contributed by atoms with Crippen molar-refractivity contribution in [1.82, 2.24) is 25.1 Å². The molecular formula is C13H18N6O2. The second-order valence-corrected chi connectivity index (χ2v) is 5.18. The lowest BCUT2D eigenvalue weighted by Gasteiger charge is -2.21. The molecule has 8 nitrogen and oxygen atoms in total. The molecule has 0 atom stereocenters. The van der Waals surface area contributed by atoms with Crippen LogP contribution in [0.2, 0.25) is 0 Å². The van der Waals surface area contributed by atoms with E-state index in [0.29, 0.717) is 23.5 Å². The van der Waals surface area contributed by atoms with E-state index in [1.54, 1.807) is 0 Å². The first-order valence-electron chi connectivity index (χ1n) is 7.15. The lowest BCUT2D eigenvalue weighted by atomic mass is 10.3. The van der Waals surface area contributed by atoms with Gasteiger partial charge in [-0.2, -0.15) is 10.1 Å². The van der Waals surface area contributed by atoms with Gasteiger partial charge in [0.2, 0.25) is 11.9 Å². The smallest absolute Gasteiger partial charge is 0.263 e. The van der Waals surface area contributed by atoms with Crippen LogP contribution < -0.4 is 10.5 Å². The van der Waals surface area contributed by atoms with Crippen molar-refractivity contribution in [2.75, 3.05) is 31.1 Å². The van der Waals surface area contributed by atoms with Crippen LogP contribution >= 0.6 is 0 Å². The van der Waals surface area contributed by atoms with Gasteiger partial charge < -0.3 is 9.80 Å². The number of aromatic amines is 2. The Labute approximate surface area is 121 Å². The normalized spacial score (nSPS) is 16.5. The van der Waals surface area contributed by atoms with E-state index in [1.165, 1.54) is 6.20 Å². The van der Waals surface area contributed by atoms with Crippen molar-refractivity contribution in [2.45, 2.75) is 19.8 Å². The van der Waals surface area contributed by atoms with Gasteiger partial charge in [-0.25, -0.2) is 0 Å². The number of fused-ring (bicyclic) bond motifs is 1. The van der Waals surface area contributed by atoms with E-state index in [2.05, 4.69) is 27.1 Å². The van der Waals surface area contributed by atoms with Crippen LogP contribution in [0, 0.1) is 0 Å². The molecular weight excluding hydrogens is 272 g/mol. The molecule has 2 aromatic heterocycles. The molecule has 1 fully saturated rings. The monoisotopic (exact) mass is 290 g/mol. The summed E-state index contributed by atoms with van der Waals surface area (Å²) < 4.78 is 0. The van der Waals surface area contributed by atoms with Gasteiger partial charge in [-0.3, -0.25) is 19.7 Å². The second-order valence-electron chi connectivity index (χ2n) is 5.18. The Morgan fingerprint density at radius 3 is 3.00 bits per heavy atom. The zero-order valence-electron chi connectivity index (χ0n) is 11.9. The van der Waals surface area contributed by atoms with E-state index < -0.39 is 0 Å². The number of amides is 1. The molecule has 8 heteroatoms. The van der Waals surface area contributed by atoms with Crippen LogP contribution in [-0.2, 0) is 4.79 Å². The highest BCUT2D eigenvalue weighted by Crippen LogP contribution is 2.13. The maximum atomic E-state index is 12.2. The van der Waals surface area contributed by atoms with E-state index in [-0.39, 0.29) is 18.0 Å². The van der Waals surface area contributed by atoms with Gasteiger partial charge in [-0.15, -0.1) is 0 Å². The number of anilines is 1. The third-order valence-corrected chi connectivity index (χ3v) is 3.63. The van der Waals surface area contributed by atoms with Crippen LogP contribution in [0.15, 0.2) is 11.0 Å². The molecule has 0 unspecified atom stereocenters. The first kappa shape index (κ1) is 13.6. The maximum absolute atomic E-state index is 12.2. The van der Waals surface area contributed by atoms with Crippen LogP contribution in [0.25, 0.3) is 11.0 Å². The number of rotatable bonds is 3. The van der Waals surface area contributed by atoms with Gasteiger partial charge in [0.15, 0.2) is 5.65 Å². The van der Waals surface area contributed by atoms with Gasteiger partial charge in [-0.05, 0) is 12.8 Å². The fourth-order valence-electron chi connectivity index (χ4n) is 2.59. The van der Waals surface area contributed by atoms with Crippen LogP contribution in [-0.4, -0.2) is 57.2 Å². The summed E-state index contributed by atoms with van der Waals surface area (Å²) in [7, 11) is 0. The Morgan fingerprint density at radius 1 is 1.33 bits per heavy atom. The lowest BCUT2D eigenvalue weighted by molar-refractivity contribution is -0.129. The molecule has 0 spiro atoms. The number of hydrogen-bond donors (Lipinski definition) is 2. The quantitative estimate of drug-likeness (QED) is 0.835. The summed E-state index contributed by atoms with van der Waals surface area (Å²) in [5.74, 6) is 0.491. The minimum atomic E-state index is -0.245. The molecule has 0 saturated carbocycles. The van der Waals surface area contributed by atoms with E-state index >= 15 is 0 Å². The van der Waals surface area contributed by atoms with Crippen LogP contribution in [0.3, 0.4) is 0 Å². The first-order valence-corrected chi connectivity index (χ1v) is 7.15. The average Bonchev–Trinajstić information content (AvgIpc) is 2.86. The third kappa shape index (κ3) is 2.61. The molecule has 1 amide bonds. The van der Waals surface area contributed by atoms with Gasteiger partial charge in [0.05, 0.1) is 12.7 Å². The highest BCUT2D eigenvalue weighted by molar-refractivity contribution is 5.82. The number of hydrogen-bond acceptors (Lipinski definition) is 5. The largest absolute Gasteiger partial charge is 0.341 e. The molecule has 1 aliphatic rings. The van der Waals surface area contributed by atoms with Crippen molar-refractivity contribution < 1.29 is 4.79 Å². The molecule has 0 aromatic carbocycles. The molecule has 2 aromatic rings. The van der Waals surface area contributed by atoms with Gasteiger partial charge >= 0.3 is 0 Å². The van der Waals surface area contributed by atoms with Gasteiger partial charge in [0.25, 0.3) is 5.56 Å². The van der Waals surface area contributed by atoms with E-state index in [0.717, 1.165) is 25.9 Å². The predicted octanol–water partition coefficient (Wildman–Crippen LogP) is 0.0949. The number of carbonyl (C=O) groups excluding carboxylic acids is 1. The summed E-state index contributed by atoms with van der Waals surface area (Å²) in [6, 6.07) is 0. The zero-order valence-corrected chi connectivity index (χ0v) is 11.9. The molecule has 0 bridgehead atoms.